The fraction of sp³-hybridized carbons (Fsp3) is 0.650. The molecule has 0 aromatic heterocycles. The molecule has 1 atom stereocenters. The minimum atomic E-state index is 0. The van der Waals surface area contributed by atoms with Crippen LogP contribution in [0, 0.1) is 0 Å². The first kappa shape index (κ1) is 19.3. The molecule has 1 amide bonds. The number of likely N-dealkylation sites (tertiary alicyclic amines) is 2. The van der Waals surface area contributed by atoms with Gasteiger partial charge in [-0.2, -0.15) is 0 Å². The van der Waals surface area contributed by atoms with Gasteiger partial charge in [0.25, 0.3) is 5.91 Å². The van der Waals surface area contributed by atoms with Crippen LogP contribution in [0.1, 0.15) is 61.7 Å². The number of rotatable bonds is 4. The van der Waals surface area contributed by atoms with Crippen molar-refractivity contribution in [3.05, 3.63) is 35.9 Å². The average molecular weight is 351 g/mol. The Hall–Kier alpha value is -1.06. The van der Waals surface area contributed by atoms with E-state index < -0.39 is 0 Å². The molecule has 3 rings (SSSR count). The number of halogens is 1. The predicted molar refractivity (Wildman–Crippen MR) is 102 cm³/mol. The second kappa shape index (κ2) is 10.0. The van der Waals surface area contributed by atoms with Gasteiger partial charge in [-0.15, -0.1) is 12.4 Å². The second-order valence-corrected chi connectivity index (χ2v) is 7.06. The Bertz CT molecular complexity index is 486. The third kappa shape index (κ3) is 5.22. The quantitative estimate of drug-likeness (QED) is 0.805. The van der Waals surface area contributed by atoms with Gasteiger partial charge in [0.15, 0.2) is 0 Å². The van der Waals surface area contributed by atoms with Crippen LogP contribution in [-0.4, -0.2) is 47.9 Å². The van der Waals surface area contributed by atoms with Crippen LogP contribution < -0.4 is 0 Å². The molecule has 134 valence electrons. The highest BCUT2D eigenvalue weighted by Gasteiger charge is 2.27. The highest BCUT2D eigenvalue weighted by molar-refractivity contribution is 5.94. The summed E-state index contributed by atoms with van der Waals surface area (Å²) >= 11 is 0. The van der Waals surface area contributed by atoms with Crippen LogP contribution in [0.2, 0.25) is 0 Å². The minimum absolute atomic E-state index is 0. The zero-order valence-corrected chi connectivity index (χ0v) is 15.5. The molecule has 2 fully saturated rings. The first-order valence-electron chi connectivity index (χ1n) is 9.43. The molecular weight excluding hydrogens is 320 g/mol. The smallest absolute Gasteiger partial charge is 0.254 e. The van der Waals surface area contributed by atoms with Crippen LogP contribution in [-0.2, 0) is 0 Å². The van der Waals surface area contributed by atoms with Crippen molar-refractivity contribution in [2.45, 2.75) is 57.4 Å². The molecule has 2 heterocycles. The van der Waals surface area contributed by atoms with E-state index in [1.807, 2.05) is 30.3 Å². The van der Waals surface area contributed by atoms with Gasteiger partial charge < -0.3 is 9.80 Å². The SMILES string of the molecule is Cl.O=C(c1ccccc1)N1CCCCC1CCN1CCCCCC1. The van der Waals surface area contributed by atoms with Crippen molar-refractivity contribution in [3.63, 3.8) is 0 Å². The molecular formula is C20H31ClN2O. The first-order valence-corrected chi connectivity index (χ1v) is 9.43. The van der Waals surface area contributed by atoms with Gasteiger partial charge in [-0.25, -0.2) is 0 Å². The Kier molecular flexibility index (Phi) is 8.07. The van der Waals surface area contributed by atoms with E-state index in [2.05, 4.69) is 9.80 Å². The van der Waals surface area contributed by atoms with Gasteiger partial charge in [-0.05, 0) is 63.7 Å². The number of hydrogen-bond donors (Lipinski definition) is 0. The third-order valence-corrected chi connectivity index (χ3v) is 5.39. The van der Waals surface area contributed by atoms with Crippen molar-refractivity contribution in [1.82, 2.24) is 9.80 Å². The first-order chi connectivity index (χ1) is 11.3. The van der Waals surface area contributed by atoms with E-state index in [1.165, 1.54) is 51.6 Å². The van der Waals surface area contributed by atoms with Gasteiger partial charge in [-0.3, -0.25) is 4.79 Å². The molecule has 3 nitrogen and oxygen atoms in total. The van der Waals surface area contributed by atoms with E-state index in [0.29, 0.717) is 6.04 Å². The predicted octanol–water partition coefficient (Wildman–Crippen LogP) is 4.37. The Balaban J connectivity index is 0.00000208. The van der Waals surface area contributed by atoms with Gasteiger partial charge in [0, 0.05) is 24.7 Å². The summed E-state index contributed by atoms with van der Waals surface area (Å²) in [6, 6.07) is 10.2. The molecule has 0 saturated carbocycles. The Morgan fingerprint density at radius 2 is 1.58 bits per heavy atom. The molecule has 0 bridgehead atoms. The monoisotopic (exact) mass is 350 g/mol. The van der Waals surface area contributed by atoms with E-state index >= 15 is 0 Å². The summed E-state index contributed by atoms with van der Waals surface area (Å²) in [4.78, 5) is 17.6. The van der Waals surface area contributed by atoms with Gasteiger partial charge in [0.05, 0.1) is 0 Å². The number of nitrogens with zero attached hydrogens (tertiary/aromatic N) is 2. The normalized spacial score (nSPS) is 22.5. The Labute approximate surface area is 152 Å². The third-order valence-electron chi connectivity index (χ3n) is 5.39. The topological polar surface area (TPSA) is 23.6 Å². The van der Waals surface area contributed by atoms with Gasteiger partial charge in [0.1, 0.15) is 0 Å². The molecule has 4 heteroatoms. The van der Waals surface area contributed by atoms with E-state index in [-0.39, 0.29) is 18.3 Å². The van der Waals surface area contributed by atoms with E-state index in [4.69, 9.17) is 0 Å². The van der Waals surface area contributed by atoms with Gasteiger partial charge in [0.2, 0.25) is 0 Å². The van der Waals surface area contributed by atoms with Crippen molar-refractivity contribution in [1.29, 1.82) is 0 Å². The van der Waals surface area contributed by atoms with Crippen LogP contribution >= 0.6 is 12.4 Å². The molecule has 0 aliphatic carbocycles. The maximum absolute atomic E-state index is 12.8. The summed E-state index contributed by atoms with van der Waals surface area (Å²) < 4.78 is 0. The zero-order chi connectivity index (χ0) is 15.9. The largest absolute Gasteiger partial charge is 0.336 e. The van der Waals surface area contributed by atoms with Crippen molar-refractivity contribution in [2.24, 2.45) is 0 Å². The fourth-order valence-electron chi connectivity index (χ4n) is 4.01. The van der Waals surface area contributed by atoms with Crippen molar-refractivity contribution < 1.29 is 4.79 Å². The molecule has 1 aromatic rings. The second-order valence-electron chi connectivity index (χ2n) is 7.06. The molecule has 1 unspecified atom stereocenters. The molecule has 0 spiro atoms. The van der Waals surface area contributed by atoms with E-state index in [0.717, 1.165) is 31.5 Å². The van der Waals surface area contributed by atoms with Crippen LogP contribution in [0.25, 0.3) is 0 Å². The van der Waals surface area contributed by atoms with Gasteiger partial charge in [-0.1, -0.05) is 31.0 Å². The van der Waals surface area contributed by atoms with Crippen LogP contribution in [0.4, 0.5) is 0 Å². The lowest BCUT2D eigenvalue weighted by molar-refractivity contribution is 0.0584. The van der Waals surface area contributed by atoms with E-state index in [1.54, 1.807) is 0 Å². The Morgan fingerprint density at radius 1 is 0.917 bits per heavy atom. The lowest BCUT2D eigenvalue weighted by atomic mass is 9.98. The lowest BCUT2D eigenvalue weighted by Gasteiger charge is -2.37. The van der Waals surface area contributed by atoms with Crippen LogP contribution in [0.3, 0.4) is 0 Å². The minimum Gasteiger partial charge on any atom is -0.336 e. The number of amides is 1. The maximum atomic E-state index is 12.8. The highest BCUT2D eigenvalue weighted by Crippen LogP contribution is 2.23. The molecule has 0 N–H and O–H groups in total. The molecule has 2 aliphatic heterocycles. The Morgan fingerprint density at radius 3 is 2.29 bits per heavy atom. The van der Waals surface area contributed by atoms with Gasteiger partial charge >= 0.3 is 0 Å². The maximum Gasteiger partial charge on any atom is 0.254 e. The van der Waals surface area contributed by atoms with Crippen LogP contribution in [0.5, 0.6) is 0 Å². The highest BCUT2D eigenvalue weighted by atomic mass is 35.5. The lowest BCUT2D eigenvalue weighted by Crippen LogP contribution is -2.45. The number of hydrogen-bond acceptors (Lipinski definition) is 2. The zero-order valence-electron chi connectivity index (χ0n) is 14.7. The van der Waals surface area contributed by atoms with Crippen molar-refractivity contribution in [2.75, 3.05) is 26.2 Å². The summed E-state index contributed by atoms with van der Waals surface area (Å²) in [6.07, 6.45) is 10.2. The molecule has 1 aromatic carbocycles. The average Bonchev–Trinajstić information content (AvgIpc) is 2.89. The fourth-order valence-corrected chi connectivity index (χ4v) is 4.01. The van der Waals surface area contributed by atoms with Crippen molar-refractivity contribution >= 4 is 18.3 Å². The number of carbonyl (C=O) groups excluding carboxylic acids is 1. The summed E-state index contributed by atoms with van der Waals surface area (Å²) in [5, 5.41) is 0. The summed E-state index contributed by atoms with van der Waals surface area (Å²) in [5.74, 6) is 0.228. The molecule has 24 heavy (non-hydrogen) atoms. The molecule has 2 saturated heterocycles. The van der Waals surface area contributed by atoms with Crippen LogP contribution in [0.15, 0.2) is 30.3 Å². The number of benzene rings is 1. The number of piperidine rings is 1. The molecule has 0 radical (unpaired) electrons. The standard InChI is InChI=1S/C20H30N2O.ClH/c23-20(18-10-4-3-5-11-18)22-16-9-6-12-19(22)13-17-21-14-7-1-2-8-15-21;/h3-5,10-11,19H,1-2,6-9,12-17H2;1H. The summed E-state index contributed by atoms with van der Waals surface area (Å²) in [6.45, 7) is 4.58. The van der Waals surface area contributed by atoms with E-state index in [9.17, 15) is 4.79 Å². The number of carbonyl (C=O) groups is 1. The summed E-state index contributed by atoms with van der Waals surface area (Å²) in [7, 11) is 0. The molecule has 2 aliphatic rings. The summed E-state index contributed by atoms with van der Waals surface area (Å²) in [5.41, 5.74) is 0.842. The van der Waals surface area contributed by atoms with Crippen molar-refractivity contribution in [3.8, 4) is 0 Å².